The summed E-state index contributed by atoms with van der Waals surface area (Å²) in [7, 11) is 3.72. The first-order valence-electron chi connectivity index (χ1n) is 10.1. The number of aromatic nitrogens is 1. The number of likely N-dealkylation sites (N-methyl/N-ethyl adjacent to an activating group) is 1. The number of aromatic carboxylic acids is 1. The van der Waals surface area contributed by atoms with Gasteiger partial charge in [0, 0.05) is 35.5 Å². The van der Waals surface area contributed by atoms with E-state index in [4.69, 9.17) is 4.74 Å². The maximum atomic E-state index is 12.3. The highest BCUT2D eigenvalue weighted by atomic mass is 16.5. The number of allylic oxidation sites excluding steroid dienone is 3. The number of nitrogens with one attached hydrogen (secondary N) is 1. The highest BCUT2D eigenvalue weighted by Crippen LogP contribution is 2.78. The Bertz CT molecular complexity index is 1090. The molecule has 3 fully saturated rings. The molecule has 1 saturated heterocycles. The van der Waals surface area contributed by atoms with Crippen molar-refractivity contribution >= 4 is 5.97 Å². The molecular weight excluding hydrogens is 372 g/mol. The monoisotopic (exact) mass is 396 g/mol. The summed E-state index contributed by atoms with van der Waals surface area (Å²) >= 11 is 0. The molecule has 0 radical (unpaired) electrons. The summed E-state index contributed by atoms with van der Waals surface area (Å²) in [5.74, 6) is 0.0518. The van der Waals surface area contributed by atoms with Gasteiger partial charge in [-0.2, -0.15) is 0 Å². The van der Waals surface area contributed by atoms with Crippen molar-refractivity contribution in [3.63, 3.8) is 0 Å². The van der Waals surface area contributed by atoms with Crippen LogP contribution in [0, 0.1) is 22.7 Å². The number of pyridine rings is 1. The molecule has 1 aromatic rings. The number of fused-ring (bicyclic) bond motifs is 3. The van der Waals surface area contributed by atoms with Crippen LogP contribution in [0.5, 0.6) is 0 Å². The van der Waals surface area contributed by atoms with Crippen LogP contribution in [0.25, 0.3) is 0 Å². The average Bonchev–Trinajstić information content (AvgIpc) is 3.04. The van der Waals surface area contributed by atoms with E-state index in [1.807, 2.05) is 6.08 Å². The lowest BCUT2D eigenvalue weighted by molar-refractivity contribution is -0.207. The van der Waals surface area contributed by atoms with Crippen LogP contribution in [0.1, 0.15) is 28.0 Å². The number of hydrogen-bond donors (Lipinski definition) is 3. The van der Waals surface area contributed by atoms with E-state index in [2.05, 4.69) is 29.1 Å². The summed E-state index contributed by atoms with van der Waals surface area (Å²) < 4.78 is 5.51. The van der Waals surface area contributed by atoms with Crippen LogP contribution in [0.3, 0.4) is 0 Å². The molecular formula is C22H24N2O5. The molecule has 1 aliphatic heterocycles. The number of H-pyrrole nitrogens is 1. The number of ether oxygens (including phenoxy) is 1. The van der Waals surface area contributed by atoms with Gasteiger partial charge in [-0.1, -0.05) is 6.08 Å². The lowest BCUT2D eigenvalue weighted by Gasteiger charge is -2.65. The molecule has 6 atom stereocenters. The van der Waals surface area contributed by atoms with E-state index in [0.717, 1.165) is 30.0 Å². The van der Waals surface area contributed by atoms with Crippen LogP contribution in [-0.2, 0) is 17.6 Å². The Morgan fingerprint density at radius 1 is 1.34 bits per heavy atom. The van der Waals surface area contributed by atoms with Gasteiger partial charge in [-0.05, 0) is 55.5 Å². The van der Waals surface area contributed by atoms with Crippen molar-refractivity contribution in [2.24, 2.45) is 22.7 Å². The second-order valence-corrected chi connectivity index (χ2v) is 9.67. The van der Waals surface area contributed by atoms with E-state index in [1.54, 1.807) is 7.11 Å². The SMILES string of the molecule is COC1=CC2C(C=C1)C13CN(C)C1[C@]1(O)Cc4cc(C(=O)O)c(=O)[nH]c4CC21C3. The molecule has 5 aliphatic rings. The van der Waals surface area contributed by atoms with Gasteiger partial charge in [-0.25, -0.2) is 4.79 Å². The molecule has 5 unspecified atom stereocenters. The maximum Gasteiger partial charge on any atom is 0.341 e. The maximum absolute atomic E-state index is 12.3. The van der Waals surface area contributed by atoms with Crippen LogP contribution in [0.15, 0.2) is 34.8 Å². The zero-order chi connectivity index (χ0) is 20.3. The topological polar surface area (TPSA) is 103 Å². The summed E-state index contributed by atoms with van der Waals surface area (Å²) in [5, 5.41) is 21.6. The summed E-state index contributed by atoms with van der Waals surface area (Å²) in [5.41, 5.74) is -0.674. The molecule has 152 valence electrons. The molecule has 2 bridgehead atoms. The molecule has 29 heavy (non-hydrogen) atoms. The van der Waals surface area contributed by atoms with Gasteiger partial charge in [0.05, 0.1) is 12.7 Å². The molecule has 2 saturated carbocycles. The number of methoxy groups -OCH3 is 1. The average molecular weight is 396 g/mol. The quantitative estimate of drug-likeness (QED) is 0.688. The van der Waals surface area contributed by atoms with Crippen LogP contribution in [0.2, 0.25) is 0 Å². The van der Waals surface area contributed by atoms with Gasteiger partial charge in [0.15, 0.2) is 0 Å². The van der Waals surface area contributed by atoms with E-state index < -0.39 is 22.5 Å². The Morgan fingerprint density at radius 3 is 2.83 bits per heavy atom. The van der Waals surface area contributed by atoms with E-state index in [0.29, 0.717) is 18.8 Å². The molecule has 0 amide bonds. The predicted molar refractivity (Wildman–Crippen MR) is 103 cm³/mol. The summed E-state index contributed by atoms with van der Waals surface area (Å²) in [6, 6.07) is 1.50. The van der Waals surface area contributed by atoms with Crippen LogP contribution in [0.4, 0.5) is 0 Å². The van der Waals surface area contributed by atoms with Gasteiger partial charge in [0.1, 0.15) is 11.3 Å². The molecule has 6 rings (SSSR count). The lowest BCUT2D eigenvalue weighted by atomic mass is 9.49. The number of aromatic amines is 1. The number of hydrogen-bond acceptors (Lipinski definition) is 5. The lowest BCUT2D eigenvalue weighted by Crippen LogP contribution is -2.76. The van der Waals surface area contributed by atoms with Gasteiger partial charge in [0.25, 0.3) is 5.56 Å². The number of likely N-dealkylation sites (tertiary alicyclic amines) is 1. The third kappa shape index (κ3) is 1.74. The number of carboxylic acid groups (broad SMARTS) is 1. The largest absolute Gasteiger partial charge is 0.497 e. The zero-order valence-electron chi connectivity index (χ0n) is 16.4. The van der Waals surface area contributed by atoms with Crippen molar-refractivity contribution in [2.75, 3.05) is 20.7 Å². The molecule has 3 N–H and O–H groups in total. The third-order valence-corrected chi connectivity index (χ3v) is 8.62. The number of aliphatic hydroxyl groups is 1. The minimum Gasteiger partial charge on any atom is -0.497 e. The van der Waals surface area contributed by atoms with E-state index in [-0.39, 0.29) is 22.9 Å². The normalized spacial score (nSPS) is 43.6. The molecule has 0 aromatic carbocycles. The van der Waals surface area contributed by atoms with Gasteiger partial charge in [-0.15, -0.1) is 0 Å². The Hall–Kier alpha value is -2.38. The Morgan fingerprint density at radius 2 is 2.14 bits per heavy atom. The van der Waals surface area contributed by atoms with Gasteiger partial charge < -0.3 is 19.9 Å². The summed E-state index contributed by atoms with van der Waals surface area (Å²) in [4.78, 5) is 28.9. The number of nitrogens with zero attached hydrogens (tertiary/aromatic N) is 1. The van der Waals surface area contributed by atoms with Crippen LogP contribution < -0.4 is 5.56 Å². The van der Waals surface area contributed by atoms with Gasteiger partial charge >= 0.3 is 5.97 Å². The molecule has 1 aromatic heterocycles. The first-order valence-corrected chi connectivity index (χ1v) is 10.1. The van der Waals surface area contributed by atoms with Crippen LogP contribution >= 0.6 is 0 Å². The Labute approximate surface area is 167 Å². The highest BCUT2D eigenvalue weighted by molar-refractivity contribution is 5.87. The van der Waals surface area contributed by atoms with E-state index >= 15 is 0 Å². The second kappa shape index (κ2) is 5.02. The number of carbonyl (C=O) groups is 1. The van der Waals surface area contributed by atoms with Crippen molar-refractivity contribution in [1.82, 2.24) is 9.88 Å². The molecule has 2 heterocycles. The highest BCUT2D eigenvalue weighted by Gasteiger charge is 2.83. The van der Waals surface area contributed by atoms with Crippen molar-refractivity contribution in [2.45, 2.75) is 30.9 Å². The molecule has 7 heteroatoms. The van der Waals surface area contributed by atoms with E-state index in [9.17, 15) is 19.8 Å². The van der Waals surface area contributed by atoms with Crippen molar-refractivity contribution in [3.8, 4) is 0 Å². The molecule has 2 spiro atoms. The fraction of sp³-hybridized carbons (Fsp3) is 0.545. The predicted octanol–water partition coefficient (Wildman–Crippen LogP) is 0.939. The number of rotatable bonds is 2. The smallest absolute Gasteiger partial charge is 0.341 e. The minimum absolute atomic E-state index is 0.0123. The number of carboxylic acids is 1. The fourth-order valence-electron chi connectivity index (χ4n) is 7.93. The fourth-order valence-corrected chi connectivity index (χ4v) is 7.93. The third-order valence-electron chi connectivity index (χ3n) is 8.62. The van der Waals surface area contributed by atoms with Gasteiger partial charge in [0.2, 0.25) is 0 Å². The standard InChI is InChI=1S/C22H24N2O5/c1-24-10-20-9-21(15-6-12(29-2)3-4-14(15)20)8-16-11(7-22(21,28)19(20)24)5-13(18(26)27)17(25)23-16/h3-6,14-15,19,28H,7-10H2,1-2H3,(H,23,25)(H,26,27)/t14?,15?,19?,20?,21?,22-/m1/s1. The molecule has 4 aliphatic carbocycles. The summed E-state index contributed by atoms with van der Waals surface area (Å²) in [6.45, 7) is 0.941. The van der Waals surface area contributed by atoms with Crippen molar-refractivity contribution < 1.29 is 19.7 Å². The Balaban J connectivity index is 1.55. The van der Waals surface area contributed by atoms with Gasteiger partial charge in [-0.3, -0.25) is 9.69 Å². The van der Waals surface area contributed by atoms with Crippen LogP contribution in [-0.4, -0.2) is 58.4 Å². The Kier molecular flexibility index (Phi) is 3.03. The minimum atomic E-state index is -1.24. The summed E-state index contributed by atoms with van der Waals surface area (Å²) in [6.07, 6.45) is 8.26. The first-order chi connectivity index (χ1) is 13.8. The first kappa shape index (κ1) is 17.5. The zero-order valence-corrected chi connectivity index (χ0v) is 16.4. The van der Waals surface area contributed by atoms with E-state index in [1.165, 1.54) is 6.07 Å². The second-order valence-electron chi connectivity index (χ2n) is 9.67. The molecule has 7 nitrogen and oxygen atoms in total. The van der Waals surface area contributed by atoms with Crippen molar-refractivity contribution in [1.29, 1.82) is 0 Å². The van der Waals surface area contributed by atoms with Crippen molar-refractivity contribution in [3.05, 3.63) is 57.2 Å².